The zero-order valence-electron chi connectivity index (χ0n) is 11.1. The van der Waals surface area contributed by atoms with Crippen LogP contribution in [0.5, 0.6) is 0 Å². The zero-order valence-corrected chi connectivity index (χ0v) is 13.5. The molecule has 1 aromatic rings. The van der Waals surface area contributed by atoms with Gasteiger partial charge in [-0.2, -0.15) is 0 Å². The van der Waals surface area contributed by atoms with E-state index in [1.165, 1.54) is 11.0 Å². The Kier molecular flexibility index (Phi) is 5.27. The van der Waals surface area contributed by atoms with E-state index in [1.807, 2.05) is 0 Å². The van der Waals surface area contributed by atoms with Gasteiger partial charge in [-0.1, -0.05) is 35.3 Å². The lowest BCUT2D eigenvalue weighted by molar-refractivity contribution is -0.380. The number of carbonyl (C=O) groups is 2. The summed E-state index contributed by atoms with van der Waals surface area (Å²) in [5.74, 6) is -1.22. The van der Waals surface area contributed by atoms with Crippen LogP contribution in [0.3, 0.4) is 0 Å². The van der Waals surface area contributed by atoms with Crippen LogP contribution in [0.4, 0.5) is 5.00 Å². The van der Waals surface area contributed by atoms with Crippen molar-refractivity contribution >= 4 is 62.6 Å². The summed E-state index contributed by atoms with van der Waals surface area (Å²) in [6.45, 7) is 0.248. The van der Waals surface area contributed by atoms with E-state index in [4.69, 9.17) is 17.3 Å². The molecule has 0 aliphatic carbocycles. The molecule has 0 radical (unpaired) electrons. The SMILES string of the molecule is O=C(O)CCCN1C(=O)C(=Cc2csc([N+](=O)[O-])c2)SC1=S. The quantitative estimate of drug-likeness (QED) is 0.361. The zero-order chi connectivity index (χ0) is 16.3. The maximum Gasteiger partial charge on any atom is 0.324 e. The largest absolute Gasteiger partial charge is 0.481 e. The number of thioether (sulfide) groups is 1. The van der Waals surface area contributed by atoms with Crippen molar-refractivity contribution in [3.63, 3.8) is 0 Å². The molecule has 0 aromatic carbocycles. The van der Waals surface area contributed by atoms with E-state index in [9.17, 15) is 19.7 Å². The van der Waals surface area contributed by atoms with Gasteiger partial charge in [-0.15, -0.1) is 0 Å². The van der Waals surface area contributed by atoms with E-state index in [0.29, 0.717) is 21.2 Å². The number of carbonyl (C=O) groups excluding carboxylic acids is 1. The van der Waals surface area contributed by atoms with Crippen LogP contribution in [0.25, 0.3) is 6.08 Å². The Bertz CT molecular complexity index is 682. The van der Waals surface area contributed by atoms with Gasteiger partial charge in [-0.3, -0.25) is 24.6 Å². The van der Waals surface area contributed by atoms with Gasteiger partial charge in [0.05, 0.1) is 9.83 Å². The Morgan fingerprint density at radius 2 is 2.27 bits per heavy atom. The topological polar surface area (TPSA) is 101 Å². The number of hydrogen-bond acceptors (Lipinski definition) is 7. The van der Waals surface area contributed by atoms with Crippen LogP contribution in [0.1, 0.15) is 18.4 Å². The van der Waals surface area contributed by atoms with Crippen molar-refractivity contribution in [2.75, 3.05) is 6.54 Å². The number of nitrogens with zero attached hydrogens (tertiary/aromatic N) is 2. The van der Waals surface area contributed by atoms with Gasteiger partial charge in [0, 0.05) is 24.4 Å². The molecule has 0 atom stereocenters. The second-order valence-corrected chi connectivity index (χ2v) is 6.87. The highest BCUT2D eigenvalue weighted by Gasteiger charge is 2.31. The maximum atomic E-state index is 12.2. The van der Waals surface area contributed by atoms with Crippen molar-refractivity contribution < 1.29 is 19.6 Å². The predicted octanol–water partition coefficient (Wildman–Crippen LogP) is 2.72. The van der Waals surface area contributed by atoms with Crippen molar-refractivity contribution in [1.82, 2.24) is 4.90 Å². The minimum atomic E-state index is -0.924. The van der Waals surface area contributed by atoms with Crippen LogP contribution in [0.15, 0.2) is 16.4 Å². The van der Waals surface area contributed by atoms with Crippen LogP contribution in [0.2, 0.25) is 0 Å². The monoisotopic (exact) mass is 358 g/mol. The van der Waals surface area contributed by atoms with Crippen LogP contribution in [-0.2, 0) is 9.59 Å². The lowest BCUT2D eigenvalue weighted by Gasteiger charge is -2.13. The first-order chi connectivity index (χ1) is 10.4. The van der Waals surface area contributed by atoms with Crippen LogP contribution in [0, 0.1) is 10.1 Å². The Labute approximate surface area is 138 Å². The molecule has 1 N–H and O–H groups in total. The second-order valence-electron chi connectivity index (χ2n) is 4.31. The van der Waals surface area contributed by atoms with Gasteiger partial charge in [0.25, 0.3) is 5.91 Å². The lowest BCUT2D eigenvalue weighted by Crippen LogP contribution is -2.29. The van der Waals surface area contributed by atoms with Crippen molar-refractivity contribution in [3.8, 4) is 0 Å². The summed E-state index contributed by atoms with van der Waals surface area (Å²) < 4.78 is 0.367. The summed E-state index contributed by atoms with van der Waals surface area (Å²) in [5, 5.41) is 20.8. The van der Waals surface area contributed by atoms with Gasteiger partial charge in [0.2, 0.25) is 0 Å². The summed E-state index contributed by atoms with van der Waals surface area (Å²) in [6.07, 6.45) is 1.84. The Morgan fingerprint density at radius 1 is 1.55 bits per heavy atom. The summed E-state index contributed by atoms with van der Waals surface area (Å²) in [6, 6.07) is 1.39. The molecule has 1 fully saturated rings. The van der Waals surface area contributed by atoms with E-state index in [-0.39, 0.29) is 23.9 Å². The Morgan fingerprint density at radius 3 is 2.86 bits per heavy atom. The number of thiophene rings is 1. The smallest absolute Gasteiger partial charge is 0.324 e. The lowest BCUT2D eigenvalue weighted by atomic mass is 10.2. The first-order valence-corrected chi connectivity index (χ1v) is 8.19. The van der Waals surface area contributed by atoms with Gasteiger partial charge in [-0.05, 0) is 18.1 Å². The third-order valence-corrected chi connectivity index (χ3v) is 5.01. The molecule has 1 amide bonds. The summed E-state index contributed by atoms with van der Waals surface area (Å²) in [7, 11) is 0. The fraction of sp³-hybridized carbons (Fsp3) is 0.250. The number of carboxylic acid groups (broad SMARTS) is 1. The standard InChI is InChI=1S/C12H10N2O5S3/c15-10(16)2-1-3-13-11(17)8(22-12(13)20)4-7-5-9(14(18)19)21-6-7/h4-6H,1-3H2,(H,15,16). The number of carboxylic acids is 1. The van der Waals surface area contributed by atoms with Crippen LogP contribution >= 0.6 is 35.3 Å². The normalized spacial score (nSPS) is 16.5. The number of aliphatic carboxylic acids is 1. The molecule has 10 heteroatoms. The molecule has 0 saturated carbocycles. The van der Waals surface area contributed by atoms with Gasteiger partial charge in [-0.25, -0.2) is 0 Å². The molecular formula is C12H10N2O5S3. The van der Waals surface area contributed by atoms with Gasteiger partial charge in [0.1, 0.15) is 4.32 Å². The van der Waals surface area contributed by atoms with Gasteiger partial charge < -0.3 is 5.11 Å². The molecular weight excluding hydrogens is 348 g/mol. The summed E-state index contributed by atoms with van der Waals surface area (Å²) in [4.78, 5) is 34.6. The van der Waals surface area contributed by atoms with E-state index in [1.54, 1.807) is 11.5 Å². The number of rotatable bonds is 6. The second kappa shape index (κ2) is 6.99. The Hall–Kier alpha value is -1.78. The van der Waals surface area contributed by atoms with Crippen LogP contribution < -0.4 is 0 Å². The number of amides is 1. The van der Waals surface area contributed by atoms with Crippen LogP contribution in [-0.4, -0.2) is 37.7 Å². The number of thiocarbonyl (C=S) groups is 1. The van der Waals surface area contributed by atoms with Gasteiger partial charge >= 0.3 is 11.0 Å². The van der Waals surface area contributed by atoms with Gasteiger partial charge in [0.15, 0.2) is 0 Å². The first kappa shape index (κ1) is 16.6. The Balaban J connectivity index is 2.08. The van der Waals surface area contributed by atoms with Crippen molar-refractivity contribution in [3.05, 3.63) is 32.0 Å². The fourth-order valence-electron chi connectivity index (χ4n) is 1.74. The first-order valence-electron chi connectivity index (χ1n) is 6.08. The number of nitro groups is 1. The van der Waals surface area contributed by atoms with E-state index < -0.39 is 10.9 Å². The average molecular weight is 358 g/mol. The summed E-state index contributed by atoms with van der Waals surface area (Å²) >= 11 is 7.21. The molecule has 0 unspecified atom stereocenters. The molecule has 1 saturated heterocycles. The molecule has 1 aliphatic rings. The highest BCUT2D eigenvalue weighted by Crippen LogP contribution is 2.34. The fourth-order valence-corrected chi connectivity index (χ4v) is 3.73. The molecule has 1 aliphatic heterocycles. The minimum Gasteiger partial charge on any atom is -0.481 e. The third-order valence-electron chi connectivity index (χ3n) is 2.73. The molecule has 0 spiro atoms. The van der Waals surface area contributed by atoms with E-state index in [2.05, 4.69) is 0 Å². The highest BCUT2D eigenvalue weighted by atomic mass is 32.2. The molecule has 2 heterocycles. The molecule has 2 rings (SSSR count). The van der Waals surface area contributed by atoms with E-state index >= 15 is 0 Å². The van der Waals surface area contributed by atoms with Crippen molar-refractivity contribution in [1.29, 1.82) is 0 Å². The molecule has 1 aromatic heterocycles. The maximum absolute atomic E-state index is 12.2. The van der Waals surface area contributed by atoms with Crippen molar-refractivity contribution in [2.45, 2.75) is 12.8 Å². The molecule has 0 bridgehead atoms. The molecule has 7 nitrogen and oxygen atoms in total. The third kappa shape index (κ3) is 3.90. The molecule has 116 valence electrons. The minimum absolute atomic E-state index is 0.00295. The van der Waals surface area contributed by atoms with E-state index in [0.717, 1.165) is 23.1 Å². The predicted molar refractivity (Wildman–Crippen MR) is 87.7 cm³/mol. The van der Waals surface area contributed by atoms with Crippen molar-refractivity contribution in [2.24, 2.45) is 0 Å². The number of hydrogen-bond donors (Lipinski definition) is 1. The summed E-state index contributed by atoms with van der Waals surface area (Å²) in [5.41, 5.74) is 0.572. The average Bonchev–Trinajstić information content (AvgIpc) is 2.99. The highest BCUT2D eigenvalue weighted by molar-refractivity contribution is 8.26. The molecule has 22 heavy (non-hydrogen) atoms.